The number of nitrogens with zero attached hydrogens (tertiary/aromatic N) is 1. The Morgan fingerprint density at radius 1 is 1.45 bits per heavy atom. The number of amides is 1. The van der Waals surface area contributed by atoms with E-state index in [0.717, 1.165) is 10.9 Å². The predicted octanol–water partition coefficient (Wildman–Crippen LogP) is 0.573. The summed E-state index contributed by atoms with van der Waals surface area (Å²) in [5, 5.41) is 18.8. The second-order valence-electron chi connectivity index (χ2n) is 4.78. The molecule has 0 aliphatic rings. The molecule has 22 heavy (non-hydrogen) atoms. The fourth-order valence-electron chi connectivity index (χ4n) is 2.23. The zero-order valence-corrected chi connectivity index (χ0v) is 12.1. The Hall–Kier alpha value is -3.03. The summed E-state index contributed by atoms with van der Waals surface area (Å²) in [7, 11) is 1.66. The fourth-order valence-corrected chi connectivity index (χ4v) is 2.23. The van der Waals surface area contributed by atoms with Crippen LogP contribution in [0.3, 0.4) is 0 Å². The Morgan fingerprint density at radius 2 is 2.14 bits per heavy atom. The number of aryl methyl sites for hydroxylation is 2. The van der Waals surface area contributed by atoms with Gasteiger partial charge in [-0.3, -0.25) is 15.5 Å². The topological polar surface area (TPSA) is 130 Å². The summed E-state index contributed by atoms with van der Waals surface area (Å²) >= 11 is 0. The largest absolute Gasteiger partial charge is 0.480 e. The van der Waals surface area contributed by atoms with E-state index in [4.69, 9.17) is 21.0 Å². The van der Waals surface area contributed by atoms with Crippen molar-refractivity contribution in [3.63, 3.8) is 0 Å². The van der Waals surface area contributed by atoms with E-state index in [2.05, 4.69) is 5.32 Å². The third-order valence-corrected chi connectivity index (χ3v) is 3.21. The quantitative estimate of drug-likeness (QED) is 0.484. The molecular formula is C14H16N4O4. The van der Waals surface area contributed by atoms with Crippen LogP contribution in [0.5, 0.6) is 5.75 Å². The third-order valence-electron chi connectivity index (χ3n) is 3.21. The molecule has 0 fully saturated rings. The van der Waals surface area contributed by atoms with Gasteiger partial charge in [0.25, 0.3) is 5.91 Å². The van der Waals surface area contributed by atoms with E-state index in [-0.39, 0.29) is 0 Å². The van der Waals surface area contributed by atoms with Crippen LogP contribution in [0.2, 0.25) is 0 Å². The molecule has 116 valence electrons. The van der Waals surface area contributed by atoms with Crippen molar-refractivity contribution >= 4 is 28.7 Å². The summed E-state index contributed by atoms with van der Waals surface area (Å²) in [6, 6.07) is 5.09. The van der Waals surface area contributed by atoms with E-state index in [9.17, 15) is 9.59 Å². The van der Waals surface area contributed by atoms with Crippen LogP contribution in [-0.2, 0) is 11.8 Å². The number of fused-ring (bicyclic) bond motifs is 1. The number of aliphatic carboxylic acids is 1. The first-order chi connectivity index (χ1) is 10.3. The lowest BCUT2D eigenvalue weighted by Crippen LogP contribution is -2.36. The minimum Gasteiger partial charge on any atom is -0.480 e. The number of hydrogen-bond acceptors (Lipinski definition) is 4. The monoisotopic (exact) mass is 304 g/mol. The maximum atomic E-state index is 12.0. The van der Waals surface area contributed by atoms with Crippen molar-refractivity contribution in [3.05, 3.63) is 29.5 Å². The lowest BCUT2D eigenvalue weighted by molar-refractivity contribution is -0.139. The molecule has 0 aliphatic carbocycles. The molecule has 0 saturated carbocycles. The molecule has 1 heterocycles. The van der Waals surface area contributed by atoms with Crippen molar-refractivity contribution in [2.24, 2.45) is 12.8 Å². The number of nitrogens with one attached hydrogen (secondary N) is 2. The third kappa shape index (κ3) is 2.85. The Labute approximate surface area is 126 Å². The second-order valence-corrected chi connectivity index (χ2v) is 4.78. The zero-order chi connectivity index (χ0) is 16.4. The number of carboxylic acid groups (broad SMARTS) is 1. The molecule has 5 N–H and O–H groups in total. The molecule has 0 bridgehead atoms. The molecule has 2 aromatic rings. The molecule has 0 spiro atoms. The van der Waals surface area contributed by atoms with E-state index in [0.29, 0.717) is 17.0 Å². The van der Waals surface area contributed by atoms with E-state index < -0.39 is 24.4 Å². The number of rotatable bonds is 4. The average Bonchev–Trinajstić information content (AvgIpc) is 2.76. The maximum Gasteiger partial charge on any atom is 0.341 e. The van der Waals surface area contributed by atoms with Gasteiger partial charge in [0.2, 0.25) is 0 Å². The summed E-state index contributed by atoms with van der Waals surface area (Å²) in [5.41, 5.74) is 6.98. The summed E-state index contributed by atoms with van der Waals surface area (Å²) in [5.74, 6) is -1.69. The number of benzene rings is 1. The van der Waals surface area contributed by atoms with E-state index in [1.165, 1.54) is 0 Å². The van der Waals surface area contributed by atoms with Crippen LogP contribution in [0.25, 0.3) is 10.9 Å². The highest BCUT2D eigenvalue weighted by Crippen LogP contribution is 2.31. The van der Waals surface area contributed by atoms with Gasteiger partial charge in [0.05, 0.1) is 5.52 Å². The maximum absolute atomic E-state index is 12.0. The highest BCUT2D eigenvalue weighted by atomic mass is 16.5. The Kier molecular flexibility index (Phi) is 4.02. The summed E-state index contributed by atoms with van der Waals surface area (Å²) < 4.78 is 6.85. The molecule has 1 aromatic heterocycles. The van der Waals surface area contributed by atoms with Crippen LogP contribution in [-0.4, -0.2) is 34.1 Å². The van der Waals surface area contributed by atoms with Crippen molar-refractivity contribution in [2.45, 2.75) is 6.92 Å². The number of guanidine groups is 1. The van der Waals surface area contributed by atoms with Gasteiger partial charge in [-0.2, -0.15) is 0 Å². The Bertz CT molecular complexity index is 779. The van der Waals surface area contributed by atoms with Crippen LogP contribution < -0.4 is 15.8 Å². The molecule has 1 aromatic carbocycles. The normalized spacial score (nSPS) is 10.5. The van der Waals surface area contributed by atoms with Gasteiger partial charge >= 0.3 is 5.97 Å². The van der Waals surface area contributed by atoms with Gasteiger partial charge in [0, 0.05) is 12.4 Å². The van der Waals surface area contributed by atoms with Crippen molar-refractivity contribution in [3.8, 4) is 5.75 Å². The van der Waals surface area contributed by atoms with Crippen LogP contribution in [0.15, 0.2) is 18.2 Å². The Morgan fingerprint density at radius 3 is 2.73 bits per heavy atom. The van der Waals surface area contributed by atoms with Gasteiger partial charge < -0.3 is 20.1 Å². The zero-order valence-electron chi connectivity index (χ0n) is 12.1. The SMILES string of the molecule is Cc1ccc(OCC(=O)O)c2c1cc(C(=O)NC(=N)N)n2C. The summed E-state index contributed by atoms with van der Waals surface area (Å²) in [6.07, 6.45) is 0. The molecule has 0 radical (unpaired) electrons. The van der Waals surface area contributed by atoms with E-state index in [1.54, 1.807) is 29.8 Å². The predicted molar refractivity (Wildman–Crippen MR) is 80.2 cm³/mol. The van der Waals surface area contributed by atoms with Crippen LogP contribution in [0, 0.1) is 12.3 Å². The van der Waals surface area contributed by atoms with Gasteiger partial charge in [-0.1, -0.05) is 6.07 Å². The van der Waals surface area contributed by atoms with Crippen molar-refractivity contribution in [2.75, 3.05) is 6.61 Å². The number of carbonyl (C=O) groups is 2. The fraction of sp³-hybridized carbons (Fsp3) is 0.214. The number of nitrogens with two attached hydrogens (primary N) is 1. The van der Waals surface area contributed by atoms with Gasteiger partial charge in [0.1, 0.15) is 11.4 Å². The number of hydrogen-bond donors (Lipinski definition) is 4. The second kappa shape index (κ2) is 5.76. The van der Waals surface area contributed by atoms with Gasteiger partial charge in [0.15, 0.2) is 12.6 Å². The van der Waals surface area contributed by atoms with Crippen LogP contribution >= 0.6 is 0 Å². The number of aromatic nitrogens is 1. The number of carboxylic acids is 1. The Balaban J connectivity index is 2.54. The first-order valence-electron chi connectivity index (χ1n) is 6.40. The minimum atomic E-state index is -1.09. The molecule has 1 amide bonds. The first kappa shape index (κ1) is 15.4. The molecule has 0 atom stereocenters. The van der Waals surface area contributed by atoms with Gasteiger partial charge in [-0.15, -0.1) is 0 Å². The minimum absolute atomic E-state index is 0.291. The summed E-state index contributed by atoms with van der Waals surface area (Å²) in [4.78, 5) is 22.7. The average molecular weight is 304 g/mol. The lowest BCUT2D eigenvalue weighted by atomic mass is 10.1. The standard InChI is InChI=1S/C14H16N4O4/c1-7-3-4-10(22-6-11(19)20)12-8(7)5-9(18(12)2)13(21)17-14(15)16/h3-5H,6H2,1-2H3,(H,19,20)(H4,15,16,17,21). The van der Waals surface area contributed by atoms with E-state index in [1.807, 2.05) is 6.92 Å². The molecule has 8 nitrogen and oxygen atoms in total. The first-order valence-corrected chi connectivity index (χ1v) is 6.40. The van der Waals surface area contributed by atoms with Gasteiger partial charge in [-0.05, 0) is 24.6 Å². The molecule has 0 saturated heterocycles. The molecule has 0 aliphatic heterocycles. The van der Waals surface area contributed by atoms with Crippen molar-refractivity contribution < 1.29 is 19.4 Å². The molecule has 0 unspecified atom stereocenters. The highest BCUT2D eigenvalue weighted by Gasteiger charge is 2.18. The molecule has 8 heteroatoms. The smallest absolute Gasteiger partial charge is 0.341 e. The lowest BCUT2D eigenvalue weighted by Gasteiger charge is -2.09. The van der Waals surface area contributed by atoms with Crippen molar-refractivity contribution in [1.82, 2.24) is 9.88 Å². The van der Waals surface area contributed by atoms with Gasteiger partial charge in [-0.25, -0.2) is 4.79 Å². The highest BCUT2D eigenvalue weighted by molar-refractivity contribution is 6.07. The van der Waals surface area contributed by atoms with Crippen molar-refractivity contribution in [1.29, 1.82) is 5.41 Å². The van der Waals surface area contributed by atoms with Crippen LogP contribution in [0.1, 0.15) is 16.1 Å². The van der Waals surface area contributed by atoms with E-state index >= 15 is 0 Å². The molecule has 2 rings (SSSR count). The molecular weight excluding hydrogens is 288 g/mol. The number of ether oxygens (including phenoxy) is 1. The van der Waals surface area contributed by atoms with Crippen LogP contribution in [0.4, 0.5) is 0 Å². The summed E-state index contributed by atoms with van der Waals surface area (Å²) in [6.45, 7) is 1.40. The number of carbonyl (C=O) groups excluding carboxylic acids is 1.